The monoisotopic (exact) mass is 574 g/mol. The van der Waals surface area contributed by atoms with E-state index in [9.17, 15) is 14.8 Å². The maximum Gasteiger partial charge on any atom is 0.587 e. The highest BCUT2D eigenvalue weighted by atomic mass is 31.2. The third-order valence-electron chi connectivity index (χ3n) is 7.03. The summed E-state index contributed by atoms with van der Waals surface area (Å²) in [6.45, 7) is 6.49. The zero-order chi connectivity index (χ0) is 29.2. The largest absolute Gasteiger partial charge is 0.587 e. The zero-order valence-corrected chi connectivity index (χ0v) is 24.9. The van der Waals surface area contributed by atoms with E-state index in [1.165, 1.54) is 11.1 Å². The first-order valence-electron chi connectivity index (χ1n) is 14.1. The summed E-state index contributed by atoms with van der Waals surface area (Å²) in [7, 11) is -3.91. The van der Waals surface area contributed by atoms with Crippen LogP contribution in [0.4, 0.5) is 0 Å². The van der Waals surface area contributed by atoms with Gasteiger partial charge < -0.3 is 19.3 Å². The number of aromatic hydroxyl groups is 2. The molecule has 2 aromatic rings. The molecule has 41 heavy (non-hydrogen) atoms. The molecule has 0 spiro atoms. The predicted octanol–water partition coefficient (Wildman–Crippen LogP) is 9.16. The van der Waals surface area contributed by atoms with Gasteiger partial charge in [-0.25, -0.2) is 4.57 Å². The molecule has 0 aromatic heterocycles. The first kappa shape index (κ1) is 30.2. The second kappa shape index (κ2) is 14.2. The molecule has 0 amide bonds. The highest BCUT2D eigenvalue weighted by Gasteiger charge is 2.32. The van der Waals surface area contributed by atoms with Gasteiger partial charge in [0.25, 0.3) is 0 Å². The molecule has 216 valence electrons. The summed E-state index contributed by atoms with van der Waals surface area (Å²) in [6.07, 6.45) is 15.8. The van der Waals surface area contributed by atoms with Crippen molar-refractivity contribution in [3.8, 4) is 11.5 Å². The molecule has 0 radical (unpaired) electrons. The van der Waals surface area contributed by atoms with Crippen LogP contribution in [-0.4, -0.2) is 16.8 Å². The van der Waals surface area contributed by atoms with E-state index in [2.05, 4.69) is 13.8 Å². The van der Waals surface area contributed by atoms with Crippen molar-refractivity contribution in [2.24, 2.45) is 0 Å². The molecule has 0 bridgehead atoms. The summed E-state index contributed by atoms with van der Waals surface area (Å²) in [5, 5.41) is 19.0. The molecule has 0 saturated carbocycles. The van der Waals surface area contributed by atoms with Gasteiger partial charge in [-0.2, -0.15) is 0 Å². The fourth-order valence-corrected chi connectivity index (χ4v) is 5.83. The van der Waals surface area contributed by atoms with Crippen LogP contribution in [0.15, 0.2) is 119 Å². The number of phenols is 2. The summed E-state index contributed by atoms with van der Waals surface area (Å²) in [4.78, 5) is 0. The summed E-state index contributed by atoms with van der Waals surface area (Å²) in [5.74, 6) is 1.42. The number of rotatable bonds is 12. The molecule has 0 fully saturated rings. The normalized spacial score (nSPS) is 18.7. The molecule has 0 unspecified atom stereocenters. The molecule has 0 aliphatic heterocycles. The number of allylic oxidation sites excluding steroid dienone is 10. The van der Waals surface area contributed by atoms with E-state index in [0.717, 1.165) is 48.0 Å². The lowest BCUT2D eigenvalue weighted by Gasteiger charge is -2.22. The second-order valence-electron chi connectivity index (χ2n) is 10.4. The minimum Gasteiger partial charge on any atom is -0.508 e. The Bertz CT molecular complexity index is 1340. The van der Waals surface area contributed by atoms with Crippen LogP contribution in [0.1, 0.15) is 57.6 Å². The fourth-order valence-electron chi connectivity index (χ4n) is 4.54. The van der Waals surface area contributed by atoms with Crippen molar-refractivity contribution in [2.45, 2.75) is 59.3 Å². The smallest absolute Gasteiger partial charge is 0.508 e. The number of phenolic OH excluding ortho intramolecular Hbond substituents is 2. The average Bonchev–Trinajstić information content (AvgIpc) is 2.96. The maximum atomic E-state index is 13.7. The quantitative estimate of drug-likeness (QED) is 0.194. The SMILES string of the molecule is CCCCOP(=O)(OC1=CCC(=C(C)Cc2ccc(O)cc2)C=C1)OC1=CCC(=C(C)Cc2ccc(O)cc2)C=C1. The Labute approximate surface area is 243 Å². The highest BCUT2D eigenvalue weighted by Crippen LogP contribution is 2.54. The van der Waals surface area contributed by atoms with Crippen LogP contribution >= 0.6 is 7.82 Å². The van der Waals surface area contributed by atoms with Crippen LogP contribution in [0.2, 0.25) is 0 Å². The Morgan fingerprint density at radius 3 is 1.54 bits per heavy atom. The van der Waals surface area contributed by atoms with Crippen LogP contribution in [-0.2, 0) is 31.0 Å². The lowest BCUT2D eigenvalue weighted by Crippen LogP contribution is -2.04. The lowest BCUT2D eigenvalue weighted by atomic mass is 9.96. The van der Waals surface area contributed by atoms with E-state index < -0.39 is 7.82 Å². The van der Waals surface area contributed by atoms with E-state index in [1.807, 2.05) is 55.5 Å². The van der Waals surface area contributed by atoms with Gasteiger partial charge in [-0.05, 0) is 117 Å². The van der Waals surface area contributed by atoms with Crippen molar-refractivity contribution in [3.63, 3.8) is 0 Å². The van der Waals surface area contributed by atoms with Crippen molar-refractivity contribution in [2.75, 3.05) is 6.61 Å². The van der Waals surface area contributed by atoms with Gasteiger partial charge >= 0.3 is 7.82 Å². The molecule has 2 aliphatic carbocycles. The standard InChI is InChI=1S/C34H39O6P/c1-4-5-22-38-41(37,39-33-18-10-29(11-19-33)25(2)23-27-6-14-31(35)15-7-27)40-34-20-12-30(13-21-34)26(3)24-28-8-16-32(36)17-9-28/h6-10,12,14-21,35-36H,4-5,11,13,22-24H2,1-3H3. The minimum absolute atomic E-state index is 0.256. The number of benzene rings is 2. The van der Waals surface area contributed by atoms with Crippen molar-refractivity contribution >= 4 is 7.82 Å². The number of hydrogen-bond donors (Lipinski definition) is 2. The Morgan fingerprint density at radius 1 is 0.732 bits per heavy atom. The maximum absolute atomic E-state index is 13.7. The van der Waals surface area contributed by atoms with Gasteiger partial charge in [0.05, 0.1) is 6.61 Å². The summed E-state index contributed by atoms with van der Waals surface area (Å²) in [6, 6.07) is 14.4. The van der Waals surface area contributed by atoms with Crippen molar-refractivity contribution in [3.05, 3.63) is 130 Å². The van der Waals surface area contributed by atoms with Crippen LogP contribution in [0, 0.1) is 0 Å². The molecule has 2 aromatic carbocycles. The molecule has 7 heteroatoms. The Balaban J connectivity index is 1.39. The molecule has 6 nitrogen and oxygen atoms in total. The van der Waals surface area contributed by atoms with Gasteiger partial charge in [0.2, 0.25) is 0 Å². The lowest BCUT2D eigenvalue weighted by molar-refractivity contribution is 0.164. The molecule has 2 aliphatic rings. The predicted molar refractivity (Wildman–Crippen MR) is 163 cm³/mol. The van der Waals surface area contributed by atoms with Crippen molar-refractivity contribution in [1.82, 2.24) is 0 Å². The Kier molecular flexibility index (Phi) is 10.5. The Morgan fingerprint density at radius 2 is 1.17 bits per heavy atom. The van der Waals surface area contributed by atoms with Crippen LogP contribution in [0.5, 0.6) is 11.5 Å². The second-order valence-corrected chi connectivity index (χ2v) is 11.9. The third-order valence-corrected chi connectivity index (χ3v) is 8.40. The van der Waals surface area contributed by atoms with Crippen LogP contribution < -0.4 is 0 Å². The molecular formula is C34H39O6P. The summed E-state index contributed by atoms with van der Waals surface area (Å²) >= 11 is 0. The summed E-state index contributed by atoms with van der Waals surface area (Å²) < 4.78 is 31.2. The van der Waals surface area contributed by atoms with Gasteiger partial charge in [0.1, 0.15) is 23.0 Å². The van der Waals surface area contributed by atoms with Gasteiger partial charge in [0, 0.05) is 0 Å². The fraction of sp³-hybridized carbons (Fsp3) is 0.294. The zero-order valence-electron chi connectivity index (χ0n) is 24.0. The average molecular weight is 575 g/mol. The van der Waals surface area contributed by atoms with Gasteiger partial charge in [-0.3, -0.25) is 4.52 Å². The number of unbranched alkanes of at least 4 members (excludes halogenated alkanes) is 1. The first-order valence-corrected chi connectivity index (χ1v) is 15.5. The van der Waals surface area contributed by atoms with Gasteiger partial charge in [-0.1, -0.05) is 60.9 Å². The molecule has 0 atom stereocenters. The number of phosphoric ester groups is 1. The van der Waals surface area contributed by atoms with Gasteiger partial charge in [-0.15, -0.1) is 0 Å². The van der Waals surface area contributed by atoms with E-state index in [1.54, 1.807) is 36.4 Å². The third kappa shape index (κ3) is 9.14. The van der Waals surface area contributed by atoms with Gasteiger partial charge in [0.15, 0.2) is 0 Å². The van der Waals surface area contributed by atoms with E-state index in [0.29, 0.717) is 24.4 Å². The van der Waals surface area contributed by atoms with Crippen molar-refractivity contribution in [1.29, 1.82) is 0 Å². The van der Waals surface area contributed by atoms with Crippen LogP contribution in [0.25, 0.3) is 0 Å². The minimum atomic E-state index is -3.91. The number of phosphoric acid groups is 1. The summed E-state index contributed by atoms with van der Waals surface area (Å²) in [5.41, 5.74) is 6.99. The highest BCUT2D eigenvalue weighted by molar-refractivity contribution is 7.48. The van der Waals surface area contributed by atoms with Crippen molar-refractivity contribution < 1.29 is 28.3 Å². The van der Waals surface area contributed by atoms with E-state index in [-0.39, 0.29) is 18.1 Å². The molecule has 0 saturated heterocycles. The first-order chi connectivity index (χ1) is 19.7. The molecular weight excluding hydrogens is 535 g/mol. The molecule has 2 N–H and O–H groups in total. The van der Waals surface area contributed by atoms with E-state index >= 15 is 0 Å². The molecule has 4 rings (SSSR count). The Hall–Kier alpha value is -3.73. The molecule has 0 heterocycles. The van der Waals surface area contributed by atoms with Crippen LogP contribution in [0.3, 0.4) is 0 Å². The topological polar surface area (TPSA) is 85.2 Å². The number of hydrogen-bond acceptors (Lipinski definition) is 6. The van der Waals surface area contributed by atoms with E-state index in [4.69, 9.17) is 13.6 Å².